The molecule has 0 spiro atoms. The van der Waals surface area contributed by atoms with Crippen molar-refractivity contribution >= 4 is 11.8 Å². The molecule has 0 N–H and O–H groups in total. The second kappa shape index (κ2) is 6.72. The highest BCUT2D eigenvalue weighted by atomic mass is 32.2. The lowest BCUT2D eigenvalue weighted by molar-refractivity contribution is -0.298. The van der Waals surface area contributed by atoms with Crippen molar-refractivity contribution < 1.29 is 9.47 Å². The summed E-state index contributed by atoms with van der Waals surface area (Å²) in [7, 11) is 0. The Morgan fingerprint density at radius 2 is 1.67 bits per heavy atom. The second-order valence-corrected chi connectivity index (χ2v) is 8.13. The first-order valence-electron chi connectivity index (χ1n) is 7.86. The Hall–Kier alpha value is -0.510. The summed E-state index contributed by atoms with van der Waals surface area (Å²) in [5.74, 6) is 1.34. The summed E-state index contributed by atoms with van der Waals surface area (Å²) >= 11 is 1.93. The average Bonchev–Trinajstić information content (AvgIpc) is 2.48. The molecule has 1 heterocycles. The zero-order valence-electron chi connectivity index (χ0n) is 13.9. The van der Waals surface area contributed by atoms with Crippen LogP contribution in [0.3, 0.4) is 0 Å². The highest BCUT2D eigenvalue weighted by Gasteiger charge is 2.38. The van der Waals surface area contributed by atoms with Gasteiger partial charge in [0.05, 0.1) is 13.2 Å². The van der Waals surface area contributed by atoms with Gasteiger partial charge in [-0.25, -0.2) is 0 Å². The largest absolute Gasteiger partial charge is 0.345 e. The Bertz CT molecular complexity index is 443. The molecule has 0 bridgehead atoms. The van der Waals surface area contributed by atoms with Gasteiger partial charge in [-0.1, -0.05) is 46.2 Å². The number of hydrogen-bond donors (Lipinski definition) is 0. The van der Waals surface area contributed by atoms with E-state index in [1.807, 2.05) is 18.7 Å². The molecule has 0 radical (unpaired) electrons. The van der Waals surface area contributed by atoms with Gasteiger partial charge in [-0.05, 0) is 25.0 Å². The standard InChI is InChI=1S/C18H28O2S/c1-6-14(2)11-21-16-9-7-15(8-10-16)18(5)19-12-17(3,4)13-20-18/h7-10,14H,6,11-13H2,1-5H3. The second-order valence-electron chi connectivity index (χ2n) is 7.04. The summed E-state index contributed by atoms with van der Waals surface area (Å²) in [6.07, 6.45) is 1.24. The quantitative estimate of drug-likeness (QED) is 0.707. The van der Waals surface area contributed by atoms with E-state index in [-0.39, 0.29) is 5.41 Å². The summed E-state index contributed by atoms with van der Waals surface area (Å²) in [5, 5.41) is 0. The molecule has 1 fully saturated rings. The molecule has 3 heteroatoms. The minimum absolute atomic E-state index is 0.103. The molecule has 1 aromatic rings. The molecule has 0 aromatic heterocycles. The van der Waals surface area contributed by atoms with Crippen molar-refractivity contribution in [1.82, 2.24) is 0 Å². The van der Waals surface area contributed by atoms with Crippen LogP contribution in [0.25, 0.3) is 0 Å². The van der Waals surface area contributed by atoms with Crippen molar-refractivity contribution in [3.05, 3.63) is 29.8 Å². The fourth-order valence-corrected chi connectivity index (χ4v) is 3.17. The Labute approximate surface area is 133 Å². The molecule has 1 aromatic carbocycles. The minimum atomic E-state index is -0.602. The van der Waals surface area contributed by atoms with Crippen LogP contribution in [-0.2, 0) is 15.3 Å². The van der Waals surface area contributed by atoms with Crippen LogP contribution >= 0.6 is 11.8 Å². The summed E-state index contributed by atoms with van der Waals surface area (Å²) < 4.78 is 12.0. The summed E-state index contributed by atoms with van der Waals surface area (Å²) in [6.45, 7) is 12.4. The predicted molar refractivity (Wildman–Crippen MR) is 89.7 cm³/mol. The molecule has 1 saturated heterocycles. The van der Waals surface area contributed by atoms with Crippen LogP contribution in [0.1, 0.15) is 46.6 Å². The summed E-state index contributed by atoms with van der Waals surface area (Å²) in [6, 6.07) is 8.63. The molecule has 1 aliphatic rings. The maximum Gasteiger partial charge on any atom is 0.191 e. The Morgan fingerprint density at radius 3 is 2.19 bits per heavy atom. The Morgan fingerprint density at radius 1 is 1.10 bits per heavy atom. The van der Waals surface area contributed by atoms with Crippen molar-refractivity contribution in [2.75, 3.05) is 19.0 Å². The Kier molecular flexibility index (Phi) is 5.39. The van der Waals surface area contributed by atoms with Crippen molar-refractivity contribution in [2.24, 2.45) is 11.3 Å². The summed E-state index contributed by atoms with van der Waals surface area (Å²) in [5.41, 5.74) is 1.21. The van der Waals surface area contributed by atoms with E-state index in [0.29, 0.717) is 0 Å². The van der Waals surface area contributed by atoms with Gasteiger partial charge in [0.2, 0.25) is 0 Å². The molecule has 1 unspecified atom stereocenters. The van der Waals surface area contributed by atoms with Crippen LogP contribution in [0.5, 0.6) is 0 Å². The van der Waals surface area contributed by atoms with Gasteiger partial charge in [0.25, 0.3) is 0 Å². The van der Waals surface area contributed by atoms with Crippen LogP contribution in [0.4, 0.5) is 0 Å². The van der Waals surface area contributed by atoms with Crippen molar-refractivity contribution in [2.45, 2.75) is 51.7 Å². The molecule has 21 heavy (non-hydrogen) atoms. The maximum absolute atomic E-state index is 5.99. The average molecular weight is 308 g/mol. The minimum Gasteiger partial charge on any atom is -0.345 e. The van der Waals surface area contributed by atoms with E-state index < -0.39 is 5.79 Å². The zero-order valence-corrected chi connectivity index (χ0v) is 14.8. The number of thioether (sulfide) groups is 1. The predicted octanol–water partition coefficient (Wildman–Crippen LogP) is 5.07. The van der Waals surface area contributed by atoms with Gasteiger partial charge in [-0.3, -0.25) is 0 Å². The SMILES string of the molecule is CCC(C)CSc1ccc(C2(C)OCC(C)(C)CO2)cc1. The first kappa shape index (κ1) is 16.9. The molecular weight excluding hydrogens is 280 g/mol. The highest BCUT2D eigenvalue weighted by molar-refractivity contribution is 7.99. The van der Waals surface area contributed by atoms with E-state index in [9.17, 15) is 0 Å². The van der Waals surface area contributed by atoms with Crippen molar-refractivity contribution in [1.29, 1.82) is 0 Å². The molecule has 0 aliphatic carbocycles. The van der Waals surface area contributed by atoms with Gasteiger partial charge in [-0.15, -0.1) is 11.8 Å². The van der Waals surface area contributed by atoms with E-state index in [4.69, 9.17) is 9.47 Å². The van der Waals surface area contributed by atoms with Crippen molar-refractivity contribution in [3.63, 3.8) is 0 Å². The fraction of sp³-hybridized carbons (Fsp3) is 0.667. The van der Waals surface area contributed by atoms with Gasteiger partial charge in [-0.2, -0.15) is 0 Å². The van der Waals surface area contributed by atoms with Gasteiger partial charge in [0.15, 0.2) is 5.79 Å². The van der Waals surface area contributed by atoms with Crippen LogP contribution in [0.2, 0.25) is 0 Å². The van der Waals surface area contributed by atoms with Crippen LogP contribution in [0, 0.1) is 11.3 Å². The van der Waals surface area contributed by atoms with E-state index in [1.54, 1.807) is 0 Å². The molecule has 1 atom stereocenters. The fourth-order valence-electron chi connectivity index (χ4n) is 2.13. The molecular formula is C18H28O2S. The number of ether oxygens (including phenoxy) is 2. The third kappa shape index (κ3) is 4.48. The van der Waals surface area contributed by atoms with Crippen LogP contribution < -0.4 is 0 Å². The van der Waals surface area contributed by atoms with E-state index in [0.717, 1.165) is 24.7 Å². The number of benzene rings is 1. The van der Waals surface area contributed by atoms with Crippen LogP contribution in [0.15, 0.2) is 29.2 Å². The maximum atomic E-state index is 5.99. The van der Waals surface area contributed by atoms with Gasteiger partial charge in [0, 0.05) is 21.6 Å². The van der Waals surface area contributed by atoms with E-state index >= 15 is 0 Å². The molecule has 0 saturated carbocycles. The molecule has 1 aliphatic heterocycles. The lowest BCUT2D eigenvalue weighted by Crippen LogP contribution is -2.43. The monoisotopic (exact) mass is 308 g/mol. The van der Waals surface area contributed by atoms with Gasteiger partial charge >= 0.3 is 0 Å². The van der Waals surface area contributed by atoms with E-state index in [1.165, 1.54) is 17.1 Å². The molecule has 118 valence electrons. The number of hydrogen-bond acceptors (Lipinski definition) is 3. The smallest absolute Gasteiger partial charge is 0.191 e. The van der Waals surface area contributed by atoms with Crippen LogP contribution in [-0.4, -0.2) is 19.0 Å². The third-order valence-corrected chi connectivity index (χ3v) is 5.43. The normalized spacial score (nSPS) is 22.0. The first-order chi connectivity index (χ1) is 9.85. The lowest BCUT2D eigenvalue weighted by atomic mass is 9.94. The highest BCUT2D eigenvalue weighted by Crippen LogP contribution is 2.36. The van der Waals surface area contributed by atoms with Gasteiger partial charge < -0.3 is 9.47 Å². The van der Waals surface area contributed by atoms with Crippen molar-refractivity contribution in [3.8, 4) is 0 Å². The lowest BCUT2D eigenvalue weighted by Gasteiger charge is -2.41. The first-order valence-corrected chi connectivity index (χ1v) is 8.84. The topological polar surface area (TPSA) is 18.5 Å². The molecule has 2 nitrogen and oxygen atoms in total. The van der Waals surface area contributed by atoms with Gasteiger partial charge in [0.1, 0.15) is 0 Å². The molecule has 2 rings (SSSR count). The Balaban J connectivity index is 1.98. The van der Waals surface area contributed by atoms with E-state index in [2.05, 4.69) is 52.0 Å². The molecule has 0 amide bonds. The summed E-state index contributed by atoms with van der Waals surface area (Å²) in [4.78, 5) is 1.32. The number of rotatable bonds is 5. The zero-order chi connectivity index (χ0) is 15.5. The third-order valence-electron chi connectivity index (χ3n) is 4.09.